The van der Waals surface area contributed by atoms with Gasteiger partial charge in [0.2, 0.25) is 0 Å². The summed E-state index contributed by atoms with van der Waals surface area (Å²) >= 11 is 0. The maximum absolute atomic E-state index is 12.2. The number of carbonyl (C=O) groups is 4. The molecule has 9 nitrogen and oxygen atoms in total. The van der Waals surface area contributed by atoms with Gasteiger partial charge in [0.15, 0.2) is 5.60 Å². The first-order valence-electron chi connectivity index (χ1n) is 11.0. The highest BCUT2D eigenvalue weighted by atomic mass is 16.6. The van der Waals surface area contributed by atoms with Crippen LogP contribution in [0.4, 0.5) is 0 Å². The second-order valence-corrected chi connectivity index (χ2v) is 6.95. The first-order chi connectivity index (χ1) is 14.7. The minimum absolute atomic E-state index is 0.118. The minimum Gasteiger partial charge on any atom is -0.466 e. The number of hydrogen-bond acceptors (Lipinski definition) is 9. The Morgan fingerprint density at radius 1 is 0.677 bits per heavy atom. The highest BCUT2D eigenvalue weighted by molar-refractivity contribution is 5.90. The number of ether oxygens (including phenoxy) is 4. The molecule has 0 unspecified atom stereocenters. The summed E-state index contributed by atoms with van der Waals surface area (Å²) in [5, 5.41) is 10.6. The molecule has 31 heavy (non-hydrogen) atoms. The van der Waals surface area contributed by atoms with Crippen molar-refractivity contribution >= 4 is 23.9 Å². The molecule has 0 aromatic rings. The topological polar surface area (TPSA) is 125 Å². The van der Waals surface area contributed by atoms with Crippen LogP contribution in [-0.2, 0) is 38.1 Å². The summed E-state index contributed by atoms with van der Waals surface area (Å²) in [6.07, 6.45) is 3.23. The van der Waals surface area contributed by atoms with Gasteiger partial charge in [0, 0.05) is 6.92 Å². The van der Waals surface area contributed by atoms with E-state index in [-0.39, 0.29) is 25.8 Å². The predicted octanol–water partition coefficient (Wildman–Crippen LogP) is 3.10. The van der Waals surface area contributed by atoms with Crippen LogP contribution in [0, 0.1) is 0 Å². The molecule has 0 radical (unpaired) electrons. The van der Waals surface area contributed by atoms with Gasteiger partial charge in [-0.25, -0.2) is 4.79 Å². The zero-order valence-corrected chi connectivity index (χ0v) is 19.7. The lowest BCUT2D eigenvalue weighted by atomic mass is 9.95. The molecule has 0 amide bonds. The molecule has 0 spiro atoms. The third-order valence-electron chi connectivity index (χ3n) is 3.85. The third kappa shape index (κ3) is 18.3. The largest absolute Gasteiger partial charge is 0.466 e. The Hall–Kier alpha value is -2.16. The lowest BCUT2D eigenvalue weighted by molar-refractivity contribution is -0.178. The van der Waals surface area contributed by atoms with Crippen LogP contribution in [0.5, 0.6) is 0 Å². The SMILES string of the molecule is CCCCOC(=O)CC(O)(CC(=O)OCCCC)C(=O)OCCCC.CCOC(C)=O. The van der Waals surface area contributed by atoms with E-state index in [0.29, 0.717) is 25.9 Å². The number of esters is 4. The van der Waals surface area contributed by atoms with Crippen molar-refractivity contribution in [1.82, 2.24) is 0 Å². The molecule has 0 aliphatic carbocycles. The fraction of sp³-hybridized carbons (Fsp3) is 0.818. The molecule has 9 heteroatoms. The molecule has 0 saturated carbocycles. The summed E-state index contributed by atoms with van der Waals surface area (Å²) < 4.78 is 19.3. The van der Waals surface area contributed by atoms with E-state index in [9.17, 15) is 24.3 Å². The summed E-state index contributed by atoms with van der Waals surface area (Å²) in [7, 11) is 0. The van der Waals surface area contributed by atoms with Crippen LogP contribution in [0.1, 0.15) is 86.0 Å². The minimum atomic E-state index is -2.26. The van der Waals surface area contributed by atoms with Crippen LogP contribution in [0.2, 0.25) is 0 Å². The van der Waals surface area contributed by atoms with E-state index < -0.39 is 36.4 Å². The lowest BCUT2D eigenvalue weighted by Crippen LogP contribution is -2.45. The van der Waals surface area contributed by atoms with Crippen molar-refractivity contribution in [3.8, 4) is 0 Å². The van der Waals surface area contributed by atoms with Crippen molar-refractivity contribution in [2.24, 2.45) is 0 Å². The van der Waals surface area contributed by atoms with E-state index in [4.69, 9.17) is 14.2 Å². The molecule has 0 heterocycles. The highest BCUT2D eigenvalue weighted by Crippen LogP contribution is 2.20. The molecule has 0 bridgehead atoms. The summed E-state index contributed by atoms with van der Waals surface area (Å²) in [5.41, 5.74) is -2.26. The maximum Gasteiger partial charge on any atom is 0.339 e. The molecule has 0 aliphatic heterocycles. The van der Waals surface area contributed by atoms with Crippen LogP contribution in [0.3, 0.4) is 0 Å². The smallest absolute Gasteiger partial charge is 0.339 e. The van der Waals surface area contributed by atoms with Crippen LogP contribution >= 0.6 is 0 Å². The van der Waals surface area contributed by atoms with Crippen molar-refractivity contribution in [3.63, 3.8) is 0 Å². The highest BCUT2D eigenvalue weighted by Gasteiger charge is 2.43. The normalized spacial score (nSPS) is 10.4. The fourth-order valence-electron chi connectivity index (χ4n) is 2.09. The molecule has 0 aliphatic rings. The molecule has 0 saturated heterocycles. The van der Waals surface area contributed by atoms with Crippen LogP contribution in [0.15, 0.2) is 0 Å². The molecule has 182 valence electrons. The van der Waals surface area contributed by atoms with Crippen molar-refractivity contribution in [1.29, 1.82) is 0 Å². The zero-order chi connectivity index (χ0) is 24.1. The van der Waals surface area contributed by atoms with Crippen molar-refractivity contribution in [2.45, 2.75) is 91.6 Å². The Kier molecular flexibility index (Phi) is 19.8. The van der Waals surface area contributed by atoms with Gasteiger partial charge in [0.05, 0.1) is 39.3 Å². The van der Waals surface area contributed by atoms with E-state index in [1.54, 1.807) is 6.92 Å². The van der Waals surface area contributed by atoms with Crippen molar-refractivity contribution < 1.29 is 43.2 Å². The van der Waals surface area contributed by atoms with Gasteiger partial charge >= 0.3 is 23.9 Å². The van der Waals surface area contributed by atoms with Crippen LogP contribution in [0.25, 0.3) is 0 Å². The number of unbranched alkanes of at least 4 members (excludes halogenated alkanes) is 3. The van der Waals surface area contributed by atoms with Crippen molar-refractivity contribution in [2.75, 3.05) is 26.4 Å². The first-order valence-corrected chi connectivity index (χ1v) is 11.0. The Labute approximate surface area is 185 Å². The first kappa shape index (κ1) is 31.0. The van der Waals surface area contributed by atoms with Gasteiger partial charge in [-0.3, -0.25) is 14.4 Å². The zero-order valence-electron chi connectivity index (χ0n) is 19.7. The Bertz CT molecular complexity index is 493. The van der Waals surface area contributed by atoms with E-state index in [2.05, 4.69) is 4.74 Å². The van der Waals surface area contributed by atoms with Gasteiger partial charge in [-0.05, 0) is 26.2 Å². The summed E-state index contributed by atoms with van der Waals surface area (Å²) in [6, 6.07) is 0. The molecule has 0 atom stereocenters. The van der Waals surface area contributed by atoms with Gasteiger partial charge in [-0.15, -0.1) is 0 Å². The lowest BCUT2D eigenvalue weighted by Gasteiger charge is -2.24. The maximum atomic E-state index is 12.2. The van der Waals surface area contributed by atoms with E-state index in [0.717, 1.165) is 19.3 Å². The van der Waals surface area contributed by atoms with Gasteiger partial charge in [-0.2, -0.15) is 0 Å². The number of carbonyl (C=O) groups excluding carboxylic acids is 4. The summed E-state index contributed by atoms with van der Waals surface area (Å²) in [5.74, 6) is -2.70. The second-order valence-electron chi connectivity index (χ2n) is 6.95. The second kappa shape index (κ2) is 19.8. The Morgan fingerprint density at radius 2 is 1.06 bits per heavy atom. The predicted molar refractivity (Wildman–Crippen MR) is 114 cm³/mol. The van der Waals surface area contributed by atoms with Crippen LogP contribution in [-0.4, -0.2) is 61.0 Å². The number of rotatable bonds is 15. The van der Waals surface area contributed by atoms with Crippen molar-refractivity contribution in [3.05, 3.63) is 0 Å². The fourth-order valence-corrected chi connectivity index (χ4v) is 2.09. The molecule has 0 rings (SSSR count). The summed E-state index contributed by atoms with van der Waals surface area (Å²) in [6.45, 7) is 10.0. The van der Waals surface area contributed by atoms with Crippen LogP contribution < -0.4 is 0 Å². The summed E-state index contributed by atoms with van der Waals surface area (Å²) in [4.78, 5) is 45.7. The van der Waals surface area contributed by atoms with Gasteiger partial charge in [-0.1, -0.05) is 40.0 Å². The van der Waals surface area contributed by atoms with E-state index >= 15 is 0 Å². The Balaban J connectivity index is 0. The quantitative estimate of drug-likeness (QED) is 0.228. The molecule has 0 aromatic carbocycles. The average molecular weight is 449 g/mol. The molecule has 0 aromatic heterocycles. The average Bonchev–Trinajstić information content (AvgIpc) is 2.68. The van der Waals surface area contributed by atoms with Gasteiger partial charge in [0.25, 0.3) is 0 Å². The third-order valence-corrected chi connectivity index (χ3v) is 3.85. The molecular weight excluding hydrogens is 408 g/mol. The van der Waals surface area contributed by atoms with E-state index in [1.807, 2.05) is 20.8 Å². The molecule has 0 fully saturated rings. The van der Waals surface area contributed by atoms with Gasteiger partial charge in [0.1, 0.15) is 0 Å². The molecule has 1 N–H and O–H groups in total. The van der Waals surface area contributed by atoms with E-state index in [1.165, 1.54) is 6.92 Å². The molecular formula is C22H40O9. The van der Waals surface area contributed by atoms with Gasteiger partial charge < -0.3 is 24.1 Å². The number of aliphatic hydroxyl groups is 1. The standard InChI is InChI=1S/C18H32O7.C4H8O2/c1-4-7-10-23-15(19)13-18(22,17(21)25-12-9-6-3)14-16(20)24-11-8-5-2;1-3-6-4(2)5/h22H,4-14H2,1-3H3;3H2,1-2H3. The number of hydrogen-bond donors (Lipinski definition) is 1. The monoisotopic (exact) mass is 448 g/mol. The Morgan fingerprint density at radius 3 is 1.35 bits per heavy atom.